The monoisotopic (exact) mass is 499 g/mol. The van der Waals surface area contributed by atoms with Crippen molar-refractivity contribution in [3.63, 3.8) is 0 Å². The minimum absolute atomic E-state index is 0.452. The summed E-state index contributed by atoms with van der Waals surface area (Å²) in [5, 5.41) is 3.68. The molecular formula is C37H25NO. The Morgan fingerprint density at radius 2 is 0.949 bits per heavy atom. The van der Waals surface area contributed by atoms with Crippen LogP contribution in [0.15, 0.2) is 146 Å². The second kappa shape index (κ2) is 8.47. The van der Waals surface area contributed by atoms with Crippen molar-refractivity contribution in [1.82, 2.24) is 0 Å². The van der Waals surface area contributed by atoms with Crippen molar-refractivity contribution in [1.29, 1.82) is 0 Å². The van der Waals surface area contributed by atoms with Crippen LogP contribution in [-0.4, -0.2) is 0 Å². The highest BCUT2D eigenvalue weighted by atomic mass is 16.5. The SMILES string of the molecule is c1ccc(-c2ccc(Nc3ccc4c(c3)C3(c5ccccc5Oc5ccccc53)c3ccccc3-4)cc2)cc1. The van der Waals surface area contributed by atoms with Gasteiger partial charge in [-0.3, -0.25) is 0 Å². The first-order valence-electron chi connectivity index (χ1n) is 13.4. The summed E-state index contributed by atoms with van der Waals surface area (Å²) in [5.41, 5.74) is 11.6. The maximum absolute atomic E-state index is 6.45. The molecule has 1 spiro atoms. The van der Waals surface area contributed by atoms with E-state index in [1.165, 1.54) is 44.5 Å². The fraction of sp³-hybridized carbons (Fsp3) is 0.0270. The second-order valence-corrected chi connectivity index (χ2v) is 10.2. The minimum Gasteiger partial charge on any atom is -0.457 e. The third-order valence-electron chi connectivity index (χ3n) is 8.13. The molecule has 1 aliphatic carbocycles. The molecular weight excluding hydrogens is 474 g/mol. The number of hydrogen-bond donors (Lipinski definition) is 1. The molecule has 6 aromatic rings. The Morgan fingerprint density at radius 3 is 1.67 bits per heavy atom. The third kappa shape index (κ3) is 3.22. The maximum atomic E-state index is 6.45. The molecule has 2 nitrogen and oxygen atoms in total. The van der Waals surface area contributed by atoms with Crippen LogP contribution in [0.25, 0.3) is 22.3 Å². The van der Waals surface area contributed by atoms with E-state index >= 15 is 0 Å². The van der Waals surface area contributed by atoms with Crippen molar-refractivity contribution >= 4 is 11.4 Å². The van der Waals surface area contributed by atoms with Gasteiger partial charge in [0.05, 0.1) is 5.41 Å². The summed E-state index contributed by atoms with van der Waals surface area (Å²) in [7, 11) is 0. The van der Waals surface area contributed by atoms with Crippen LogP contribution in [0.4, 0.5) is 11.4 Å². The van der Waals surface area contributed by atoms with Crippen LogP contribution >= 0.6 is 0 Å². The largest absolute Gasteiger partial charge is 0.457 e. The highest BCUT2D eigenvalue weighted by Gasteiger charge is 2.50. The molecule has 0 saturated carbocycles. The molecule has 184 valence electrons. The zero-order chi connectivity index (χ0) is 25.8. The number of fused-ring (bicyclic) bond motifs is 9. The molecule has 0 saturated heterocycles. The molecule has 6 aromatic carbocycles. The van der Waals surface area contributed by atoms with Gasteiger partial charge in [-0.15, -0.1) is 0 Å². The summed E-state index contributed by atoms with van der Waals surface area (Å²) in [6.07, 6.45) is 0. The molecule has 1 N–H and O–H groups in total. The summed E-state index contributed by atoms with van der Waals surface area (Å²) in [5.74, 6) is 1.82. The van der Waals surface area contributed by atoms with Crippen LogP contribution < -0.4 is 10.1 Å². The molecule has 0 aromatic heterocycles. The van der Waals surface area contributed by atoms with Gasteiger partial charge in [-0.25, -0.2) is 0 Å². The van der Waals surface area contributed by atoms with Gasteiger partial charge >= 0.3 is 0 Å². The van der Waals surface area contributed by atoms with E-state index in [0.717, 1.165) is 22.9 Å². The lowest BCUT2D eigenvalue weighted by Crippen LogP contribution is -2.32. The van der Waals surface area contributed by atoms with Gasteiger partial charge in [0.25, 0.3) is 0 Å². The Bertz CT molecular complexity index is 1810. The highest BCUT2D eigenvalue weighted by Crippen LogP contribution is 2.62. The Morgan fingerprint density at radius 1 is 0.410 bits per heavy atom. The van der Waals surface area contributed by atoms with E-state index in [9.17, 15) is 0 Å². The first-order valence-corrected chi connectivity index (χ1v) is 13.4. The van der Waals surface area contributed by atoms with E-state index in [2.05, 4.69) is 145 Å². The van der Waals surface area contributed by atoms with Crippen LogP contribution in [0.3, 0.4) is 0 Å². The molecule has 39 heavy (non-hydrogen) atoms. The normalized spacial score (nSPS) is 13.5. The summed E-state index contributed by atoms with van der Waals surface area (Å²) < 4.78 is 6.45. The quantitative estimate of drug-likeness (QED) is 0.261. The molecule has 0 atom stereocenters. The van der Waals surface area contributed by atoms with E-state index in [0.29, 0.717) is 0 Å². The summed E-state index contributed by atoms with van der Waals surface area (Å²) in [6.45, 7) is 0. The molecule has 0 fully saturated rings. The van der Waals surface area contributed by atoms with Crippen molar-refractivity contribution in [2.24, 2.45) is 0 Å². The number of ether oxygens (including phenoxy) is 1. The molecule has 2 aliphatic rings. The predicted octanol–water partition coefficient (Wildman–Crippen LogP) is 9.57. The van der Waals surface area contributed by atoms with Gasteiger partial charge in [-0.05, 0) is 69.8 Å². The Labute approximate surface area is 228 Å². The third-order valence-corrected chi connectivity index (χ3v) is 8.13. The number of hydrogen-bond acceptors (Lipinski definition) is 2. The lowest BCUT2D eigenvalue weighted by Gasteiger charge is -2.39. The zero-order valence-electron chi connectivity index (χ0n) is 21.3. The Hall–Kier alpha value is -5.08. The number of anilines is 2. The van der Waals surface area contributed by atoms with Crippen molar-refractivity contribution in [3.05, 3.63) is 168 Å². The Balaban J connectivity index is 1.29. The van der Waals surface area contributed by atoms with Gasteiger partial charge in [0, 0.05) is 22.5 Å². The molecule has 1 heterocycles. The van der Waals surface area contributed by atoms with Gasteiger partial charge in [0.15, 0.2) is 0 Å². The van der Waals surface area contributed by atoms with Gasteiger partial charge in [0.2, 0.25) is 0 Å². The lowest BCUT2D eigenvalue weighted by atomic mass is 9.66. The van der Waals surface area contributed by atoms with Crippen molar-refractivity contribution in [3.8, 4) is 33.8 Å². The topological polar surface area (TPSA) is 21.3 Å². The van der Waals surface area contributed by atoms with Gasteiger partial charge < -0.3 is 10.1 Å². The van der Waals surface area contributed by atoms with Crippen LogP contribution in [0.2, 0.25) is 0 Å². The molecule has 2 heteroatoms. The molecule has 0 bridgehead atoms. The fourth-order valence-corrected chi connectivity index (χ4v) is 6.48. The fourth-order valence-electron chi connectivity index (χ4n) is 6.48. The zero-order valence-corrected chi connectivity index (χ0v) is 21.3. The Kier molecular flexibility index (Phi) is 4.77. The summed E-state index contributed by atoms with van der Waals surface area (Å²) in [6, 6.07) is 51.7. The lowest BCUT2D eigenvalue weighted by molar-refractivity contribution is 0.436. The molecule has 1 aliphatic heterocycles. The van der Waals surface area contributed by atoms with Crippen molar-refractivity contribution in [2.75, 3.05) is 5.32 Å². The van der Waals surface area contributed by atoms with E-state index < -0.39 is 5.41 Å². The van der Waals surface area contributed by atoms with Gasteiger partial charge in [0.1, 0.15) is 11.5 Å². The highest BCUT2D eigenvalue weighted by molar-refractivity contribution is 5.90. The average molecular weight is 500 g/mol. The van der Waals surface area contributed by atoms with Gasteiger partial charge in [-0.2, -0.15) is 0 Å². The van der Waals surface area contributed by atoms with Crippen LogP contribution in [0, 0.1) is 0 Å². The molecule has 0 unspecified atom stereocenters. The number of nitrogens with one attached hydrogen (secondary N) is 1. The van der Waals surface area contributed by atoms with Crippen LogP contribution in [0.1, 0.15) is 22.3 Å². The second-order valence-electron chi connectivity index (χ2n) is 10.2. The molecule has 8 rings (SSSR count). The number of rotatable bonds is 3. The average Bonchev–Trinajstić information content (AvgIpc) is 3.28. The van der Waals surface area contributed by atoms with Crippen LogP contribution in [0.5, 0.6) is 11.5 Å². The first kappa shape index (κ1) is 22.0. The van der Waals surface area contributed by atoms with E-state index in [1.54, 1.807) is 0 Å². The van der Waals surface area contributed by atoms with Crippen LogP contribution in [-0.2, 0) is 5.41 Å². The molecule has 0 radical (unpaired) electrons. The minimum atomic E-state index is -0.452. The van der Waals surface area contributed by atoms with Crippen molar-refractivity contribution in [2.45, 2.75) is 5.41 Å². The van der Waals surface area contributed by atoms with Crippen molar-refractivity contribution < 1.29 is 4.74 Å². The molecule has 0 amide bonds. The number of para-hydroxylation sites is 2. The van der Waals surface area contributed by atoms with E-state index in [4.69, 9.17) is 4.74 Å². The summed E-state index contributed by atoms with van der Waals surface area (Å²) in [4.78, 5) is 0. The first-order chi connectivity index (χ1) is 19.3. The summed E-state index contributed by atoms with van der Waals surface area (Å²) >= 11 is 0. The maximum Gasteiger partial charge on any atom is 0.132 e. The predicted molar refractivity (Wildman–Crippen MR) is 159 cm³/mol. The van der Waals surface area contributed by atoms with E-state index in [-0.39, 0.29) is 0 Å². The smallest absolute Gasteiger partial charge is 0.132 e. The van der Waals surface area contributed by atoms with Gasteiger partial charge in [-0.1, -0.05) is 109 Å². The van der Waals surface area contributed by atoms with E-state index in [1.807, 2.05) is 6.07 Å². The standard InChI is InChI=1S/C37H25NO/c1-2-10-25(11-3-1)26-18-20-27(21-19-26)38-28-22-23-30-29-12-4-5-13-31(29)37(34(30)24-28)32-14-6-8-16-35(32)39-36-17-9-7-15-33(36)37/h1-24,38H. The number of benzene rings is 6.